The molecule has 3 aromatic rings. The molecular weight excluding hydrogens is 462 g/mol. The monoisotopic (exact) mass is 495 g/mol. The van der Waals surface area contributed by atoms with Gasteiger partial charge in [0, 0.05) is 49.8 Å². The summed E-state index contributed by atoms with van der Waals surface area (Å²) >= 11 is 1.67. The van der Waals surface area contributed by atoms with Gasteiger partial charge in [0.25, 0.3) is 0 Å². The van der Waals surface area contributed by atoms with Gasteiger partial charge in [-0.25, -0.2) is 19.7 Å². The topological polar surface area (TPSA) is 86.7 Å². The molecule has 1 atom stereocenters. The molecule has 1 N–H and O–H groups in total. The van der Waals surface area contributed by atoms with E-state index >= 15 is 0 Å². The molecule has 2 saturated heterocycles. The van der Waals surface area contributed by atoms with Gasteiger partial charge in [-0.3, -0.25) is 4.90 Å². The van der Waals surface area contributed by atoms with Crippen LogP contribution in [0.15, 0.2) is 30.5 Å². The minimum absolute atomic E-state index is 0.256. The van der Waals surface area contributed by atoms with Gasteiger partial charge < -0.3 is 19.9 Å². The van der Waals surface area contributed by atoms with E-state index in [2.05, 4.69) is 27.0 Å². The Hall–Kier alpha value is -2.98. The maximum Gasteiger partial charge on any atom is 0.409 e. The van der Waals surface area contributed by atoms with Gasteiger partial charge in [-0.1, -0.05) is 18.6 Å². The Bertz CT molecular complexity index is 1160. The minimum atomic E-state index is -0.256. The first-order valence-corrected chi connectivity index (χ1v) is 13.3. The first kappa shape index (κ1) is 23.7. The molecule has 0 spiro atoms. The standard InChI is InChI=1S/C25H33N7O2S/c1-3-34-25(33)31-14-12-30(13-15-31)23-22(27-20-9-4-5-10-21(20)28-23)29-24-26-16-19(35-24)17-32-11-7-6-8-18(32)2/h4-5,9-10,16,18H,3,6-8,11-15,17H2,1-2H3,(H,26,27,29). The lowest BCUT2D eigenvalue weighted by molar-refractivity contribution is 0.105. The highest BCUT2D eigenvalue weighted by molar-refractivity contribution is 7.15. The summed E-state index contributed by atoms with van der Waals surface area (Å²) in [5.74, 6) is 1.48. The number of ether oxygens (including phenoxy) is 1. The Kier molecular flexibility index (Phi) is 7.29. The van der Waals surface area contributed by atoms with Crippen molar-refractivity contribution in [1.82, 2.24) is 24.8 Å². The van der Waals surface area contributed by atoms with Crippen LogP contribution in [0.1, 0.15) is 38.0 Å². The number of nitrogens with one attached hydrogen (secondary N) is 1. The zero-order valence-electron chi connectivity index (χ0n) is 20.4. The molecule has 35 heavy (non-hydrogen) atoms. The first-order valence-electron chi connectivity index (χ1n) is 12.5. The smallest absolute Gasteiger partial charge is 0.409 e. The number of nitrogens with zero attached hydrogens (tertiary/aromatic N) is 6. The molecular formula is C25H33N7O2S. The number of piperazine rings is 1. The lowest BCUT2D eigenvalue weighted by Gasteiger charge is -2.35. The highest BCUT2D eigenvalue weighted by Gasteiger charge is 2.26. The third-order valence-electron chi connectivity index (χ3n) is 6.74. The summed E-state index contributed by atoms with van der Waals surface area (Å²) in [7, 11) is 0. The van der Waals surface area contributed by atoms with Gasteiger partial charge in [-0.05, 0) is 45.4 Å². The molecule has 186 valence electrons. The SMILES string of the molecule is CCOC(=O)N1CCN(c2nc3ccccc3nc2Nc2ncc(CN3CCCCC3C)s2)CC1. The van der Waals surface area contributed by atoms with Crippen LogP contribution in [0.4, 0.5) is 21.6 Å². The number of benzene rings is 1. The normalized spacial score (nSPS) is 19.2. The fourth-order valence-electron chi connectivity index (χ4n) is 4.74. The molecule has 1 aromatic carbocycles. The van der Waals surface area contributed by atoms with Gasteiger partial charge in [-0.15, -0.1) is 11.3 Å². The molecule has 2 aliphatic rings. The molecule has 2 aromatic heterocycles. The van der Waals surface area contributed by atoms with Crippen molar-refractivity contribution < 1.29 is 9.53 Å². The van der Waals surface area contributed by atoms with E-state index in [0.717, 1.165) is 35.1 Å². The van der Waals surface area contributed by atoms with Crippen LogP contribution in [0.25, 0.3) is 11.0 Å². The predicted molar refractivity (Wildman–Crippen MR) is 139 cm³/mol. The number of hydrogen-bond acceptors (Lipinski definition) is 9. The summed E-state index contributed by atoms with van der Waals surface area (Å²) in [5.41, 5.74) is 1.68. The summed E-state index contributed by atoms with van der Waals surface area (Å²) in [6.07, 6.45) is 5.58. The molecule has 4 heterocycles. The highest BCUT2D eigenvalue weighted by atomic mass is 32.1. The van der Waals surface area contributed by atoms with Gasteiger partial charge in [0.1, 0.15) is 0 Å². The van der Waals surface area contributed by atoms with Crippen molar-refractivity contribution in [1.29, 1.82) is 0 Å². The van der Waals surface area contributed by atoms with E-state index in [9.17, 15) is 4.79 Å². The molecule has 9 nitrogen and oxygen atoms in total. The van der Waals surface area contributed by atoms with Crippen LogP contribution in [0.2, 0.25) is 0 Å². The molecule has 0 bridgehead atoms. The van der Waals surface area contributed by atoms with E-state index < -0.39 is 0 Å². The predicted octanol–water partition coefficient (Wildman–Crippen LogP) is 4.48. The second kappa shape index (κ2) is 10.7. The molecule has 1 amide bonds. The highest BCUT2D eigenvalue weighted by Crippen LogP contribution is 2.31. The molecule has 1 unspecified atom stereocenters. The van der Waals surface area contributed by atoms with Crippen molar-refractivity contribution in [2.45, 2.75) is 45.7 Å². The first-order chi connectivity index (χ1) is 17.1. The number of amides is 1. The van der Waals surface area contributed by atoms with Crippen LogP contribution in [-0.2, 0) is 11.3 Å². The quantitative estimate of drug-likeness (QED) is 0.536. The van der Waals surface area contributed by atoms with Gasteiger partial charge in [0.15, 0.2) is 16.8 Å². The average molecular weight is 496 g/mol. The van der Waals surface area contributed by atoms with Crippen molar-refractivity contribution in [3.8, 4) is 0 Å². The number of para-hydroxylation sites is 2. The Morgan fingerprint density at radius 1 is 1.11 bits per heavy atom. The van der Waals surface area contributed by atoms with Gasteiger partial charge in [0.05, 0.1) is 17.6 Å². The van der Waals surface area contributed by atoms with Gasteiger partial charge >= 0.3 is 6.09 Å². The van der Waals surface area contributed by atoms with E-state index in [-0.39, 0.29) is 6.09 Å². The summed E-state index contributed by atoms with van der Waals surface area (Å²) in [6.45, 7) is 9.12. The number of carbonyl (C=O) groups excluding carboxylic acids is 1. The summed E-state index contributed by atoms with van der Waals surface area (Å²) in [6, 6.07) is 8.52. The maximum atomic E-state index is 12.1. The van der Waals surface area contributed by atoms with Crippen LogP contribution in [-0.4, -0.2) is 76.2 Å². The number of likely N-dealkylation sites (tertiary alicyclic amines) is 1. The molecule has 0 aliphatic carbocycles. The van der Waals surface area contributed by atoms with Crippen LogP contribution >= 0.6 is 11.3 Å². The molecule has 2 aliphatic heterocycles. The molecule has 0 radical (unpaired) electrons. The van der Waals surface area contributed by atoms with Crippen molar-refractivity contribution >= 4 is 45.2 Å². The number of hydrogen-bond donors (Lipinski definition) is 1. The Balaban J connectivity index is 1.35. The van der Waals surface area contributed by atoms with Crippen LogP contribution in [0, 0.1) is 0 Å². The zero-order valence-corrected chi connectivity index (χ0v) is 21.3. The Labute approximate surface area is 210 Å². The lowest BCUT2D eigenvalue weighted by atomic mass is 10.0. The van der Waals surface area contributed by atoms with Crippen LogP contribution in [0.3, 0.4) is 0 Å². The third kappa shape index (κ3) is 5.48. The number of piperidine rings is 1. The van der Waals surface area contributed by atoms with E-state index in [1.165, 1.54) is 24.1 Å². The molecule has 10 heteroatoms. The molecule has 0 saturated carbocycles. The third-order valence-corrected chi connectivity index (χ3v) is 7.63. The second-order valence-electron chi connectivity index (χ2n) is 9.13. The van der Waals surface area contributed by atoms with E-state index in [4.69, 9.17) is 14.7 Å². The second-order valence-corrected chi connectivity index (χ2v) is 10.2. The summed E-state index contributed by atoms with van der Waals surface area (Å²) < 4.78 is 5.16. The molecule has 5 rings (SSSR count). The lowest BCUT2D eigenvalue weighted by Crippen LogP contribution is -2.49. The Morgan fingerprint density at radius 2 is 1.89 bits per heavy atom. The van der Waals surface area contributed by atoms with Crippen molar-refractivity contribution in [3.63, 3.8) is 0 Å². The Morgan fingerprint density at radius 3 is 2.63 bits per heavy atom. The van der Waals surface area contributed by atoms with E-state index in [1.54, 1.807) is 16.2 Å². The largest absolute Gasteiger partial charge is 0.450 e. The van der Waals surface area contributed by atoms with Crippen LogP contribution in [0.5, 0.6) is 0 Å². The zero-order chi connectivity index (χ0) is 24.2. The fourth-order valence-corrected chi connectivity index (χ4v) is 5.58. The molecule has 2 fully saturated rings. The van der Waals surface area contributed by atoms with Crippen LogP contribution < -0.4 is 10.2 Å². The number of anilines is 3. The van der Waals surface area contributed by atoms with Crippen molar-refractivity contribution in [2.75, 3.05) is 49.5 Å². The number of aromatic nitrogens is 3. The summed E-state index contributed by atoms with van der Waals surface area (Å²) in [4.78, 5) is 34.3. The van der Waals surface area contributed by atoms with E-state index in [1.807, 2.05) is 37.4 Å². The number of carbonyl (C=O) groups is 1. The number of fused-ring (bicyclic) bond motifs is 1. The fraction of sp³-hybridized carbons (Fsp3) is 0.520. The number of thiazole rings is 1. The van der Waals surface area contributed by atoms with Crippen molar-refractivity contribution in [2.24, 2.45) is 0 Å². The van der Waals surface area contributed by atoms with E-state index in [0.29, 0.717) is 44.6 Å². The number of rotatable bonds is 6. The maximum absolute atomic E-state index is 12.1. The van der Waals surface area contributed by atoms with Crippen molar-refractivity contribution in [3.05, 3.63) is 35.3 Å². The average Bonchev–Trinajstić information content (AvgIpc) is 3.32. The summed E-state index contributed by atoms with van der Waals surface area (Å²) in [5, 5.41) is 4.27. The van der Waals surface area contributed by atoms with Gasteiger partial charge in [-0.2, -0.15) is 0 Å². The minimum Gasteiger partial charge on any atom is -0.450 e. The van der Waals surface area contributed by atoms with Gasteiger partial charge in [0.2, 0.25) is 0 Å².